The zero-order valence-electron chi connectivity index (χ0n) is 17.4. The van der Waals surface area contributed by atoms with Crippen LogP contribution in [0.15, 0.2) is 57.7 Å². The fraction of sp³-hybridized carbons (Fsp3) is 0.208. The highest BCUT2D eigenvalue weighted by Crippen LogP contribution is 2.30. The van der Waals surface area contributed by atoms with Crippen LogP contribution < -0.4 is 10.4 Å². The van der Waals surface area contributed by atoms with Gasteiger partial charge in [0.2, 0.25) is 0 Å². The Kier molecular flexibility index (Phi) is 5.19. The normalized spacial score (nSPS) is 13.2. The average Bonchev–Trinajstić information content (AvgIpc) is 3.20. The molecule has 0 atom stereocenters. The maximum Gasteiger partial charge on any atom is 0.336 e. The summed E-state index contributed by atoms with van der Waals surface area (Å²) in [6.07, 6.45) is 0.690. The number of aromatic amines is 1. The molecule has 0 saturated carbocycles. The van der Waals surface area contributed by atoms with Gasteiger partial charge in [-0.15, -0.1) is 0 Å². The molecule has 4 aromatic rings. The molecule has 2 aromatic heterocycles. The molecule has 162 valence electrons. The van der Waals surface area contributed by atoms with Crippen molar-refractivity contribution < 1.29 is 13.9 Å². The van der Waals surface area contributed by atoms with E-state index in [2.05, 4.69) is 10.2 Å². The smallest absolute Gasteiger partial charge is 0.336 e. The van der Waals surface area contributed by atoms with E-state index in [4.69, 9.17) is 20.8 Å². The number of nitrogens with zero attached hydrogens (tertiary/aromatic N) is 2. The Morgan fingerprint density at radius 3 is 2.97 bits per heavy atom. The first-order valence-electron chi connectivity index (χ1n) is 10.2. The van der Waals surface area contributed by atoms with Crippen LogP contribution in [0.25, 0.3) is 22.2 Å². The Balaban J connectivity index is 1.30. The lowest BCUT2D eigenvalue weighted by atomic mass is 10.0. The van der Waals surface area contributed by atoms with Crippen molar-refractivity contribution in [2.75, 3.05) is 13.2 Å². The fourth-order valence-electron chi connectivity index (χ4n) is 4.01. The molecule has 0 saturated heterocycles. The quantitative estimate of drug-likeness (QED) is 0.474. The van der Waals surface area contributed by atoms with Crippen LogP contribution in [0.1, 0.15) is 16.8 Å². The van der Waals surface area contributed by atoms with Gasteiger partial charge in [0, 0.05) is 58.9 Å². The van der Waals surface area contributed by atoms with E-state index in [0.29, 0.717) is 35.9 Å². The third kappa shape index (κ3) is 3.87. The number of nitrogens with one attached hydrogen (secondary N) is 1. The van der Waals surface area contributed by atoms with Crippen molar-refractivity contribution >= 4 is 28.5 Å². The molecule has 0 aliphatic carbocycles. The minimum absolute atomic E-state index is 0.110. The van der Waals surface area contributed by atoms with Crippen molar-refractivity contribution in [1.29, 1.82) is 0 Å². The highest BCUT2D eigenvalue weighted by molar-refractivity contribution is 6.30. The van der Waals surface area contributed by atoms with E-state index in [1.54, 1.807) is 17.0 Å². The van der Waals surface area contributed by atoms with Crippen molar-refractivity contribution in [3.05, 3.63) is 80.8 Å². The van der Waals surface area contributed by atoms with Gasteiger partial charge in [-0.3, -0.25) is 9.89 Å². The van der Waals surface area contributed by atoms with E-state index in [9.17, 15) is 9.59 Å². The lowest BCUT2D eigenvalue weighted by Gasteiger charge is -2.27. The first-order valence-corrected chi connectivity index (χ1v) is 10.6. The number of ether oxygens (including phenoxy) is 1. The summed E-state index contributed by atoms with van der Waals surface area (Å²) in [5, 5.41) is 9.01. The molecule has 0 radical (unpaired) electrons. The van der Waals surface area contributed by atoms with Gasteiger partial charge in [0.15, 0.2) is 6.61 Å². The van der Waals surface area contributed by atoms with Crippen molar-refractivity contribution in [2.45, 2.75) is 19.9 Å². The average molecular weight is 450 g/mol. The Morgan fingerprint density at radius 1 is 1.25 bits per heavy atom. The summed E-state index contributed by atoms with van der Waals surface area (Å²) in [7, 11) is 0. The van der Waals surface area contributed by atoms with Gasteiger partial charge in [-0.2, -0.15) is 5.10 Å². The number of fused-ring (bicyclic) bond motifs is 2. The molecule has 2 aromatic carbocycles. The number of amides is 1. The summed E-state index contributed by atoms with van der Waals surface area (Å²) in [6.45, 7) is 2.77. The maximum absolute atomic E-state index is 12.9. The summed E-state index contributed by atoms with van der Waals surface area (Å²) in [5.74, 6) is 0.347. The van der Waals surface area contributed by atoms with Crippen molar-refractivity contribution in [3.63, 3.8) is 0 Å². The van der Waals surface area contributed by atoms with Gasteiger partial charge >= 0.3 is 5.63 Å². The molecule has 3 heterocycles. The maximum atomic E-state index is 12.9. The number of H-pyrrole nitrogens is 1. The monoisotopic (exact) mass is 449 g/mol. The number of aromatic nitrogens is 2. The highest BCUT2D eigenvalue weighted by Gasteiger charge is 2.26. The summed E-state index contributed by atoms with van der Waals surface area (Å²) in [4.78, 5) is 26.2. The van der Waals surface area contributed by atoms with Crippen LogP contribution in [-0.2, 0) is 17.8 Å². The van der Waals surface area contributed by atoms with E-state index in [1.165, 1.54) is 6.07 Å². The zero-order chi connectivity index (χ0) is 22.2. The second-order valence-corrected chi connectivity index (χ2v) is 8.24. The predicted molar refractivity (Wildman–Crippen MR) is 121 cm³/mol. The highest BCUT2D eigenvalue weighted by atomic mass is 35.5. The molecule has 1 aliphatic heterocycles. The molecule has 1 amide bonds. The number of hydrogen-bond acceptors (Lipinski definition) is 5. The standard InChI is InChI=1S/C24H20ClN3O4/c1-14-9-23(30)32-21-11-17(5-6-18(14)21)31-13-22(29)28-8-7-20-19(12-28)24(27-26-20)15-3-2-4-16(25)10-15/h2-6,9-11H,7-8,12-13H2,1H3,(H,26,27). The molecule has 1 aliphatic rings. The van der Waals surface area contributed by atoms with Crippen molar-refractivity contribution in [1.82, 2.24) is 15.1 Å². The van der Waals surface area contributed by atoms with Gasteiger partial charge in [0.1, 0.15) is 11.3 Å². The summed E-state index contributed by atoms with van der Waals surface area (Å²) in [5.41, 5.74) is 4.60. The first kappa shape index (κ1) is 20.3. The van der Waals surface area contributed by atoms with Crippen molar-refractivity contribution in [2.24, 2.45) is 0 Å². The second-order valence-electron chi connectivity index (χ2n) is 7.80. The Bertz CT molecular complexity index is 1390. The predicted octanol–water partition coefficient (Wildman–Crippen LogP) is 4.11. The minimum Gasteiger partial charge on any atom is -0.484 e. The largest absolute Gasteiger partial charge is 0.484 e. The molecule has 5 rings (SSSR count). The van der Waals surface area contributed by atoms with Gasteiger partial charge in [-0.25, -0.2) is 4.79 Å². The van der Waals surface area contributed by atoms with Crippen LogP contribution in [0.3, 0.4) is 0 Å². The first-order chi connectivity index (χ1) is 15.5. The second kappa shape index (κ2) is 8.16. The van der Waals surface area contributed by atoms with Crippen LogP contribution in [0.5, 0.6) is 5.75 Å². The molecular weight excluding hydrogens is 430 g/mol. The van der Waals surface area contributed by atoms with Gasteiger partial charge in [0.05, 0.1) is 5.69 Å². The Morgan fingerprint density at radius 2 is 2.12 bits per heavy atom. The van der Waals surface area contributed by atoms with Crippen molar-refractivity contribution in [3.8, 4) is 17.0 Å². The molecule has 0 bridgehead atoms. The SMILES string of the molecule is Cc1cc(=O)oc2cc(OCC(=O)N3CCc4[nH]nc(-c5cccc(Cl)c5)c4C3)ccc12. The van der Waals surface area contributed by atoms with E-state index in [-0.39, 0.29) is 12.5 Å². The van der Waals surface area contributed by atoms with E-state index in [0.717, 1.165) is 33.5 Å². The summed E-state index contributed by atoms with van der Waals surface area (Å²) < 4.78 is 11.0. The Hall–Kier alpha value is -3.58. The molecule has 7 nitrogen and oxygen atoms in total. The third-order valence-electron chi connectivity index (χ3n) is 5.67. The molecule has 32 heavy (non-hydrogen) atoms. The van der Waals surface area contributed by atoms with Gasteiger partial charge < -0.3 is 14.1 Å². The summed E-state index contributed by atoms with van der Waals surface area (Å²) in [6, 6.07) is 14.2. The molecule has 0 spiro atoms. The van der Waals surface area contributed by atoms with Crippen LogP contribution in [0.4, 0.5) is 0 Å². The third-order valence-corrected chi connectivity index (χ3v) is 5.90. The number of rotatable bonds is 4. The fourth-order valence-corrected chi connectivity index (χ4v) is 4.20. The van der Waals surface area contributed by atoms with Crippen LogP contribution in [0.2, 0.25) is 5.02 Å². The van der Waals surface area contributed by atoms with E-state index >= 15 is 0 Å². The number of halogens is 1. The lowest BCUT2D eigenvalue weighted by Crippen LogP contribution is -2.38. The van der Waals surface area contributed by atoms with Crippen LogP contribution in [-0.4, -0.2) is 34.2 Å². The number of aryl methyl sites for hydroxylation is 1. The molecule has 0 fully saturated rings. The van der Waals surface area contributed by atoms with Gasteiger partial charge in [-0.1, -0.05) is 23.7 Å². The van der Waals surface area contributed by atoms with Gasteiger partial charge in [-0.05, 0) is 36.8 Å². The van der Waals surface area contributed by atoms with Gasteiger partial charge in [0.25, 0.3) is 5.91 Å². The molecule has 1 N–H and O–H groups in total. The molecular formula is C24H20ClN3O4. The zero-order valence-corrected chi connectivity index (χ0v) is 18.1. The number of carbonyl (C=O) groups is 1. The molecule has 8 heteroatoms. The van der Waals surface area contributed by atoms with E-state index in [1.807, 2.05) is 37.3 Å². The minimum atomic E-state index is -0.414. The van der Waals surface area contributed by atoms with Crippen LogP contribution >= 0.6 is 11.6 Å². The number of benzene rings is 2. The van der Waals surface area contributed by atoms with Crippen LogP contribution in [0, 0.1) is 6.92 Å². The number of carbonyl (C=O) groups excluding carboxylic acids is 1. The Labute approximate surface area is 188 Å². The summed E-state index contributed by atoms with van der Waals surface area (Å²) >= 11 is 6.13. The number of hydrogen-bond donors (Lipinski definition) is 1. The molecule has 0 unspecified atom stereocenters. The van der Waals surface area contributed by atoms with E-state index < -0.39 is 5.63 Å². The topological polar surface area (TPSA) is 88.4 Å². The lowest BCUT2D eigenvalue weighted by molar-refractivity contribution is -0.134.